The lowest BCUT2D eigenvalue weighted by molar-refractivity contribution is 0.00578. The topological polar surface area (TPSA) is 58.4 Å². The van der Waals surface area contributed by atoms with Gasteiger partial charge in [-0.15, -0.1) is 5.10 Å². The molecule has 1 aromatic heterocycles. The van der Waals surface area contributed by atoms with E-state index < -0.39 is 7.12 Å². The van der Waals surface area contributed by atoms with Gasteiger partial charge in [-0.05, 0) is 53.4 Å². The fourth-order valence-corrected chi connectivity index (χ4v) is 3.39. The molecule has 4 rings (SSSR count). The van der Waals surface area contributed by atoms with Gasteiger partial charge in [0.2, 0.25) is 0 Å². The molecule has 1 saturated carbocycles. The van der Waals surface area contributed by atoms with Crippen molar-refractivity contribution in [1.29, 1.82) is 0 Å². The van der Waals surface area contributed by atoms with Gasteiger partial charge in [-0.25, -0.2) is 4.68 Å². The van der Waals surface area contributed by atoms with Crippen LogP contribution in [0.15, 0.2) is 0 Å². The number of nitrogens with zero attached hydrogens (tertiary/aromatic N) is 3. The number of hydrogen-bond acceptors (Lipinski definition) is 5. The summed E-state index contributed by atoms with van der Waals surface area (Å²) in [5.74, 6) is 0.557. The molecule has 23 heavy (non-hydrogen) atoms. The van der Waals surface area contributed by atoms with Crippen LogP contribution in [0.5, 0.6) is 0 Å². The molecule has 3 heterocycles. The van der Waals surface area contributed by atoms with E-state index in [4.69, 9.17) is 14.0 Å². The molecule has 0 amide bonds. The van der Waals surface area contributed by atoms with Crippen molar-refractivity contribution in [2.24, 2.45) is 0 Å². The second-order valence-corrected chi connectivity index (χ2v) is 8.01. The van der Waals surface area contributed by atoms with E-state index >= 15 is 0 Å². The zero-order valence-corrected chi connectivity index (χ0v) is 14.5. The van der Waals surface area contributed by atoms with Crippen LogP contribution < -0.4 is 5.59 Å². The molecule has 0 N–H and O–H groups in total. The molecule has 0 unspecified atom stereocenters. The van der Waals surface area contributed by atoms with Crippen LogP contribution in [0.4, 0.5) is 0 Å². The fraction of sp³-hybridized carbons (Fsp3) is 0.875. The molecule has 2 saturated heterocycles. The molecule has 0 spiro atoms. The quantitative estimate of drug-likeness (QED) is 0.795. The molecule has 7 heteroatoms. The Labute approximate surface area is 138 Å². The van der Waals surface area contributed by atoms with Gasteiger partial charge >= 0.3 is 7.12 Å². The molecule has 0 bridgehead atoms. The van der Waals surface area contributed by atoms with E-state index in [1.807, 2.05) is 0 Å². The lowest BCUT2D eigenvalue weighted by Gasteiger charge is -2.32. The molecule has 0 atom stereocenters. The predicted octanol–water partition coefficient (Wildman–Crippen LogP) is 1.81. The summed E-state index contributed by atoms with van der Waals surface area (Å²) in [6, 6.07) is 0.392. The van der Waals surface area contributed by atoms with Gasteiger partial charge in [0.05, 0.1) is 22.9 Å². The first-order valence-electron chi connectivity index (χ1n) is 8.77. The van der Waals surface area contributed by atoms with Crippen LogP contribution >= 0.6 is 0 Å². The molecule has 1 aliphatic carbocycles. The smallest absolute Gasteiger partial charge is 0.398 e. The average Bonchev–Trinajstić information content (AvgIpc) is 3.19. The summed E-state index contributed by atoms with van der Waals surface area (Å²) in [6.07, 6.45) is 4.43. The Morgan fingerprint density at radius 2 is 1.61 bits per heavy atom. The first-order valence-corrected chi connectivity index (χ1v) is 8.77. The van der Waals surface area contributed by atoms with Crippen LogP contribution in [0.2, 0.25) is 0 Å². The molecular formula is C16H26BN3O3. The minimum atomic E-state index is -0.413. The van der Waals surface area contributed by atoms with E-state index in [-0.39, 0.29) is 11.2 Å². The third kappa shape index (κ3) is 2.63. The molecule has 6 nitrogen and oxygen atoms in total. The molecular weight excluding hydrogens is 293 g/mol. The maximum atomic E-state index is 6.21. The van der Waals surface area contributed by atoms with Gasteiger partial charge in [0.1, 0.15) is 5.59 Å². The highest BCUT2D eigenvalue weighted by Crippen LogP contribution is 2.42. The highest BCUT2D eigenvalue weighted by atomic mass is 16.7. The first kappa shape index (κ1) is 15.6. The summed E-state index contributed by atoms with van der Waals surface area (Å²) in [6.45, 7) is 9.92. The Bertz CT molecular complexity index is 575. The van der Waals surface area contributed by atoms with Crippen molar-refractivity contribution < 1.29 is 14.0 Å². The maximum Gasteiger partial charge on any atom is 0.518 e. The van der Waals surface area contributed by atoms with Gasteiger partial charge in [0.15, 0.2) is 0 Å². The summed E-state index contributed by atoms with van der Waals surface area (Å²) in [5.41, 5.74) is 1.43. The number of hydrogen-bond donors (Lipinski definition) is 0. The van der Waals surface area contributed by atoms with Crippen LogP contribution in [0.3, 0.4) is 0 Å². The van der Waals surface area contributed by atoms with Gasteiger partial charge in [-0.1, -0.05) is 5.21 Å². The highest BCUT2D eigenvalue weighted by molar-refractivity contribution is 6.61. The molecule has 2 aliphatic heterocycles. The van der Waals surface area contributed by atoms with E-state index in [0.29, 0.717) is 12.0 Å². The molecule has 0 aromatic carbocycles. The lowest BCUT2D eigenvalue weighted by Crippen LogP contribution is -2.41. The minimum absolute atomic E-state index is 0.346. The zero-order chi connectivity index (χ0) is 16.2. The SMILES string of the molecule is CC1(C)OB(c2nnn(C3CCOCC3)c2C2CC2)OC1(C)C. The fourth-order valence-electron chi connectivity index (χ4n) is 3.39. The van der Waals surface area contributed by atoms with Crippen LogP contribution in [-0.2, 0) is 14.0 Å². The molecule has 126 valence electrons. The number of rotatable bonds is 3. The summed E-state index contributed by atoms with van der Waals surface area (Å²) in [5, 5.41) is 8.98. The van der Waals surface area contributed by atoms with Crippen LogP contribution in [-0.4, -0.2) is 46.5 Å². The van der Waals surface area contributed by atoms with Gasteiger partial charge in [0, 0.05) is 19.1 Å². The molecule has 0 radical (unpaired) electrons. The lowest BCUT2D eigenvalue weighted by atomic mass is 9.82. The van der Waals surface area contributed by atoms with Crippen molar-refractivity contribution >= 4 is 12.7 Å². The molecule has 1 aromatic rings. The van der Waals surface area contributed by atoms with Crippen molar-refractivity contribution in [2.45, 2.75) is 76.5 Å². The Hall–Kier alpha value is -0.915. The number of ether oxygens (including phenoxy) is 1. The number of aromatic nitrogens is 3. The normalized spacial score (nSPS) is 27.6. The Morgan fingerprint density at radius 3 is 2.17 bits per heavy atom. The van der Waals surface area contributed by atoms with Gasteiger partial charge < -0.3 is 14.0 Å². The third-order valence-electron chi connectivity index (χ3n) is 5.74. The Balaban J connectivity index is 1.66. The van der Waals surface area contributed by atoms with Crippen LogP contribution in [0.25, 0.3) is 0 Å². The Morgan fingerprint density at radius 1 is 1.00 bits per heavy atom. The first-order chi connectivity index (χ1) is 10.9. The monoisotopic (exact) mass is 319 g/mol. The summed E-state index contributed by atoms with van der Waals surface area (Å²) < 4.78 is 20.0. The van der Waals surface area contributed by atoms with Crippen molar-refractivity contribution in [1.82, 2.24) is 15.0 Å². The van der Waals surface area contributed by atoms with E-state index in [9.17, 15) is 0 Å². The standard InChI is InChI=1S/C16H26BN3O3/c1-15(2)16(3,4)23-17(22-15)14-13(11-5-6-11)20(19-18-14)12-7-9-21-10-8-12/h11-12H,5-10H2,1-4H3. The van der Waals surface area contributed by atoms with Gasteiger partial charge in [-0.2, -0.15) is 0 Å². The van der Waals surface area contributed by atoms with Crippen molar-refractivity contribution in [2.75, 3.05) is 13.2 Å². The van der Waals surface area contributed by atoms with Gasteiger partial charge in [-0.3, -0.25) is 0 Å². The van der Waals surface area contributed by atoms with Crippen LogP contribution in [0.1, 0.15) is 71.0 Å². The summed E-state index contributed by atoms with van der Waals surface area (Å²) in [4.78, 5) is 0. The third-order valence-corrected chi connectivity index (χ3v) is 5.74. The summed E-state index contributed by atoms with van der Waals surface area (Å²) >= 11 is 0. The minimum Gasteiger partial charge on any atom is -0.398 e. The van der Waals surface area contributed by atoms with Crippen molar-refractivity contribution in [3.05, 3.63) is 5.69 Å². The van der Waals surface area contributed by atoms with E-state index in [1.54, 1.807) is 0 Å². The molecule has 3 fully saturated rings. The highest BCUT2D eigenvalue weighted by Gasteiger charge is 2.54. The Kier molecular flexibility index (Phi) is 3.59. The van der Waals surface area contributed by atoms with Crippen molar-refractivity contribution in [3.8, 4) is 0 Å². The summed E-state index contributed by atoms with van der Waals surface area (Å²) in [7, 11) is -0.413. The van der Waals surface area contributed by atoms with E-state index in [1.165, 1.54) is 18.5 Å². The van der Waals surface area contributed by atoms with E-state index in [0.717, 1.165) is 31.6 Å². The van der Waals surface area contributed by atoms with Crippen LogP contribution in [0, 0.1) is 0 Å². The van der Waals surface area contributed by atoms with E-state index in [2.05, 4.69) is 42.7 Å². The predicted molar refractivity (Wildman–Crippen MR) is 86.8 cm³/mol. The van der Waals surface area contributed by atoms with Crippen molar-refractivity contribution in [3.63, 3.8) is 0 Å². The van der Waals surface area contributed by atoms with Gasteiger partial charge in [0.25, 0.3) is 0 Å². The maximum absolute atomic E-state index is 6.21. The zero-order valence-electron chi connectivity index (χ0n) is 14.5. The largest absolute Gasteiger partial charge is 0.518 e. The second kappa shape index (κ2) is 5.29. The second-order valence-electron chi connectivity index (χ2n) is 8.01. The molecule has 3 aliphatic rings. The average molecular weight is 319 g/mol.